The maximum Gasteiger partial charge on any atom is 0.323 e. The largest absolute Gasteiger partial charge is 0.496 e. The molecule has 0 radical (unpaired) electrons. The molecule has 4 rings (SSSR count). The van der Waals surface area contributed by atoms with E-state index in [1.807, 2.05) is 13.0 Å². The Balaban J connectivity index is 1.54. The van der Waals surface area contributed by atoms with Crippen molar-refractivity contribution in [1.29, 1.82) is 0 Å². The number of fused-ring (bicyclic) bond motifs is 1. The minimum absolute atomic E-state index is 0.0664. The van der Waals surface area contributed by atoms with Crippen molar-refractivity contribution >= 4 is 23.5 Å². The van der Waals surface area contributed by atoms with Crippen molar-refractivity contribution in [3.05, 3.63) is 93.8 Å². The minimum atomic E-state index is -1.11. The van der Waals surface area contributed by atoms with Gasteiger partial charge in [-0.25, -0.2) is 4.39 Å². The Kier molecular flexibility index (Phi) is 6.98. The highest BCUT2D eigenvalue weighted by Gasteiger charge is 2.36. The highest BCUT2D eigenvalue weighted by atomic mass is 35.5. The molecule has 0 saturated carbocycles. The fourth-order valence-corrected chi connectivity index (χ4v) is 4.54. The lowest BCUT2D eigenvalue weighted by Crippen LogP contribution is -2.35. The number of amides is 1. The van der Waals surface area contributed by atoms with E-state index in [0.29, 0.717) is 35.5 Å². The number of carboxylic acid groups (broad SMARTS) is 1. The molecule has 0 saturated heterocycles. The summed E-state index contributed by atoms with van der Waals surface area (Å²) in [6, 6.07) is 16.9. The van der Waals surface area contributed by atoms with Crippen LogP contribution in [0.1, 0.15) is 34.0 Å². The molecular formula is C27H25ClFNO5. The van der Waals surface area contributed by atoms with Crippen molar-refractivity contribution in [2.75, 3.05) is 13.7 Å². The van der Waals surface area contributed by atoms with Gasteiger partial charge in [-0.05, 0) is 54.4 Å². The Labute approximate surface area is 207 Å². The topological polar surface area (TPSA) is 76.1 Å². The van der Waals surface area contributed by atoms with E-state index in [4.69, 9.17) is 21.1 Å². The molecule has 35 heavy (non-hydrogen) atoms. The van der Waals surface area contributed by atoms with Crippen LogP contribution in [0.25, 0.3) is 0 Å². The summed E-state index contributed by atoms with van der Waals surface area (Å²) in [7, 11) is 1.53. The van der Waals surface area contributed by atoms with Crippen molar-refractivity contribution in [1.82, 2.24) is 4.90 Å². The highest BCUT2D eigenvalue weighted by molar-refractivity contribution is 6.30. The molecule has 1 atom stereocenters. The fraction of sp³-hybridized carbons (Fsp3) is 0.259. The van der Waals surface area contributed by atoms with Gasteiger partial charge in [-0.15, -0.1) is 0 Å². The van der Waals surface area contributed by atoms with Crippen LogP contribution >= 0.6 is 11.6 Å². The molecular weight excluding hydrogens is 473 g/mol. The Bertz CT molecular complexity index is 1280. The number of carboxylic acids is 1. The van der Waals surface area contributed by atoms with Gasteiger partial charge in [0, 0.05) is 24.0 Å². The monoisotopic (exact) mass is 497 g/mol. The van der Waals surface area contributed by atoms with Gasteiger partial charge in [0.2, 0.25) is 0 Å². The molecule has 0 aliphatic carbocycles. The van der Waals surface area contributed by atoms with Crippen LogP contribution < -0.4 is 9.47 Å². The van der Waals surface area contributed by atoms with Crippen molar-refractivity contribution in [2.24, 2.45) is 0 Å². The first-order valence-electron chi connectivity index (χ1n) is 11.1. The number of nitrogens with zero attached hydrogens (tertiary/aromatic N) is 1. The van der Waals surface area contributed by atoms with E-state index in [1.54, 1.807) is 42.5 Å². The number of benzene rings is 3. The van der Waals surface area contributed by atoms with Crippen LogP contribution in [0.3, 0.4) is 0 Å². The summed E-state index contributed by atoms with van der Waals surface area (Å²) >= 11 is 5.79. The number of ether oxygens (including phenoxy) is 2. The number of aliphatic carboxylic acids is 1. The quantitative estimate of drug-likeness (QED) is 0.465. The van der Waals surface area contributed by atoms with Gasteiger partial charge in [-0.1, -0.05) is 35.9 Å². The predicted octanol–water partition coefficient (Wildman–Crippen LogP) is 5.15. The first-order chi connectivity index (χ1) is 16.7. The summed E-state index contributed by atoms with van der Waals surface area (Å²) in [5, 5.41) is 9.47. The van der Waals surface area contributed by atoms with Gasteiger partial charge in [-0.3, -0.25) is 9.59 Å². The number of carbonyl (C=O) groups excluding carboxylic acids is 1. The lowest BCUT2D eigenvalue weighted by Gasteiger charge is -2.24. The van der Waals surface area contributed by atoms with E-state index < -0.39 is 29.8 Å². The van der Waals surface area contributed by atoms with E-state index in [1.165, 1.54) is 24.1 Å². The fourth-order valence-electron chi connectivity index (χ4n) is 4.42. The van der Waals surface area contributed by atoms with Gasteiger partial charge < -0.3 is 19.5 Å². The second-order valence-electron chi connectivity index (χ2n) is 8.84. The first kappa shape index (κ1) is 24.5. The molecule has 6 nitrogen and oxygen atoms in total. The Morgan fingerprint density at radius 3 is 2.66 bits per heavy atom. The third-order valence-corrected chi connectivity index (χ3v) is 6.26. The lowest BCUT2D eigenvalue weighted by molar-refractivity contribution is -0.137. The zero-order chi connectivity index (χ0) is 25.2. The van der Waals surface area contributed by atoms with Crippen LogP contribution in [0.5, 0.6) is 11.5 Å². The molecule has 3 aromatic carbocycles. The molecule has 0 unspecified atom stereocenters. The van der Waals surface area contributed by atoms with Crippen LogP contribution in [-0.2, 0) is 24.2 Å². The molecule has 1 aliphatic heterocycles. The summed E-state index contributed by atoms with van der Waals surface area (Å²) in [6.45, 7) is 1.56. The Morgan fingerprint density at radius 2 is 1.94 bits per heavy atom. The van der Waals surface area contributed by atoms with Gasteiger partial charge in [0.1, 0.15) is 29.5 Å². The number of hydrogen-bond acceptors (Lipinski definition) is 4. The third kappa shape index (κ3) is 5.57. The van der Waals surface area contributed by atoms with Crippen molar-refractivity contribution in [2.45, 2.75) is 31.9 Å². The molecule has 1 N–H and O–H groups in total. The summed E-state index contributed by atoms with van der Waals surface area (Å²) < 4.78 is 25.4. The Hall–Kier alpha value is -3.58. The normalized spacial score (nSPS) is 16.3. The maximum absolute atomic E-state index is 13.9. The average molecular weight is 498 g/mol. The number of halogens is 2. The second kappa shape index (κ2) is 9.96. The van der Waals surface area contributed by atoms with Gasteiger partial charge in [-0.2, -0.15) is 0 Å². The maximum atomic E-state index is 13.9. The predicted molar refractivity (Wildman–Crippen MR) is 130 cm³/mol. The van der Waals surface area contributed by atoms with Gasteiger partial charge >= 0.3 is 5.97 Å². The molecule has 0 fully saturated rings. The van der Waals surface area contributed by atoms with Crippen molar-refractivity contribution in [3.63, 3.8) is 0 Å². The molecule has 1 amide bonds. The third-order valence-electron chi connectivity index (χ3n) is 5.96. The number of carbonyl (C=O) groups is 2. The number of hydrogen-bond donors (Lipinski definition) is 1. The van der Waals surface area contributed by atoms with E-state index in [-0.39, 0.29) is 11.6 Å². The van der Waals surface area contributed by atoms with E-state index in [0.717, 1.165) is 11.1 Å². The molecule has 1 aliphatic rings. The highest BCUT2D eigenvalue weighted by Crippen LogP contribution is 2.38. The number of rotatable bonds is 8. The average Bonchev–Trinajstić information content (AvgIpc) is 3.15. The lowest BCUT2D eigenvalue weighted by atomic mass is 9.91. The molecule has 0 aromatic heterocycles. The van der Waals surface area contributed by atoms with Crippen molar-refractivity contribution in [3.8, 4) is 11.5 Å². The van der Waals surface area contributed by atoms with Gasteiger partial charge in [0.25, 0.3) is 5.91 Å². The summed E-state index contributed by atoms with van der Waals surface area (Å²) in [5.41, 5.74) is 2.04. The molecule has 0 spiro atoms. The summed E-state index contributed by atoms with van der Waals surface area (Å²) in [6.07, 6.45) is 0.969. The van der Waals surface area contributed by atoms with Gasteiger partial charge in [0.05, 0.1) is 18.7 Å². The SMILES string of the molecule is COc1ccccc1CN(CC(=O)O)C(=O)c1ccc2c(c1)C[C@](C)(Cc1ccc(Cl)c(F)c1)O2. The van der Waals surface area contributed by atoms with E-state index >= 15 is 0 Å². The van der Waals surface area contributed by atoms with Gasteiger partial charge in [0.15, 0.2) is 0 Å². The zero-order valence-electron chi connectivity index (χ0n) is 19.4. The van der Waals surface area contributed by atoms with Crippen molar-refractivity contribution < 1.29 is 28.6 Å². The van der Waals surface area contributed by atoms with Crippen LogP contribution in [0.4, 0.5) is 4.39 Å². The van der Waals surface area contributed by atoms with E-state index in [2.05, 4.69) is 0 Å². The molecule has 8 heteroatoms. The second-order valence-corrected chi connectivity index (χ2v) is 9.25. The molecule has 182 valence electrons. The number of para-hydroxylation sites is 1. The zero-order valence-corrected chi connectivity index (χ0v) is 20.1. The number of methoxy groups -OCH3 is 1. The first-order valence-corrected chi connectivity index (χ1v) is 11.4. The summed E-state index contributed by atoms with van der Waals surface area (Å²) in [5.74, 6) is -0.778. The van der Waals surface area contributed by atoms with Crippen LogP contribution in [0.2, 0.25) is 5.02 Å². The van der Waals surface area contributed by atoms with Crippen LogP contribution in [0, 0.1) is 5.82 Å². The van der Waals surface area contributed by atoms with Crippen LogP contribution in [-0.4, -0.2) is 41.1 Å². The smallest absolute Gasteiger partial charge is 0.323 e. The Morgan fingerprint density at radius 1 is 1.17 bits per heavy atom. The minimum Gasteiger partial charge on any atom is -0.496 e. The molecule has 3 aromatic rings. The van der Waals surface area contributed by atoms with E-state index in [9.17, 15) is 19.1 Å². The molecule has 0 bridgehead atoms. The standard InChI is InChI=1S/C27H25ClFNO5/c1-27(13-17-7-9-21(28)22(29)11-17)14-20-12-18(8-10-24(20)35-27)26(33)30(16-25(31)32)15-19-5-3-4-6-23(19)34-2/h3-12H,13-16H2,1-2H3,(H,31,32)/t27-/m0/s1. The van der Waals surface area contributed by atoms with Crippen LogP contribution in [0.15, 0.2) is 60.7 Å². The summed E-state index contributed by atoms with van der Waals surface area (Å²) in [4.78, 5) is 26.1. The molecule has 1 heterocycles.